The summed E-state index contributed by atoms with van der Waals surface area (Å²) in [5.41, 5.74) is 1.64. The third kappa shape index (κ3) is 5.86. The summed E-state index contributed by atoms with van der Waals surface area (Å²) in [6.45, 7) is 5.81. The predicted molar refractivity (Wildman–Crippen MR) is 128 cm³/mol. The van der Waals surface area contributed by atoms with Crippen LogP contribution in [0.15, 0.2) is 36.5 Å². The van der Waals surface area contributed by atoms with Crippen molar-refractivity contribution in [3.63, 3.8) is 0 Å². The zero-order valence-electron chi connectivity index (χ0n) is 20.2. The van der Waals surface area contributed by atoms with Gasteiger partial charge < -0.3 is 24.4 Å². The molecule has 1 aliphatic heterocycles. The number of ether oxygens (including phenoxy) is 2. The second-order valence-corrected chi connectivity index (χ2v) is 8.58. The Balaban J connectivity index is 1.98. The van der Waals surface area contributed by atoms with Gasteiger partial charge >= 0.3 is 0 Å². The Bertz CT molecular complexity index is 1090. The van der Waals surface area contributed by atoms with Crippen LogP contribution < -0.4 is 9.47 Å². The molecule has 0 saturated carbocycles. The summed E-state index contributed by atoms with van der Waals surface area (Å²) in [6, 6.07) is 8.63. The molecule has 0 aliphatic carbocycles. The van der Waals surface area contributed by atoms with E-state index in [2.05, 4.69) is 16.8 Å². The third-order valence-corrected chi connectivity index (χ3v) is 5.95. The Hall–Kier alpha value is -3.57. The van der Waals surface area contributed by atoms with Gasteiger partial charge in [0.1, 0.15) is 17.4 Å². The van der Waals surface area contributed by atoms with Crippen LogP contribution in [0.4, 0.5) is 0 Å². The Labute approximate surface area is 200 Å². The summed E-state index contributed by atoms with van der Waals surface area (Å²) in [6.07, 6.45) is 1.19. The van der Waals surface area contributed by atoms with E-state index < -0.39 is 0 Å². The second-order valence-electron chi connectivity index (χ2n) is 8.58. The van der Waals surface area contributed by atoms with Crippen LogP contribution in [0, 0.1) is 17.8 Å². The molecule has 2 amide bonds. The molecular weight excluding hydrogens is 434 g/mol. The molecule has 1 aliphatic rings. The topological polar surface area (TPSA) is 92.2 Å². The molecule has 180 valence electrons. The highest BCUT2D eigenvalue weighted by Crippen LogP contribution is 2.27. The fourth-order valence-corrected chi connectivity index (χ4v) is 3.61. The van der Waals surface area contributed by atoms with Gasteiger partial charge in [-0.1, -0.05) is 18.8 Å². The molecule has 0 radical (unpaired) electrons. The highest BCUT2D eigenvalue weighted by molar-refractivity contribution is 5.97. The number of methoxy groups -OCH3 is 1. The molecular formula is C26H31N3O5. The fourth-order valence-electron chi connectivity index (χ4n) is 3.61. The van der Waals surface area contributed by atoms with Crippen LogP contribution in [-0.2, 0) is 4.79 Å². The van der Waals surface area contributed by atoms with Crippen molar-refractivity contribution >= 4 is 11.8 Å². The summed E-state index contributed by atoms with van der Waals surface area (Å²) in [4.78, 5) is 32.9. The smallest absolute Gasteiger partial charge is 0.259 e. The summed E-state index contributed by atoms with van der Waals surface area (Å²) in [5, 5.41) is 9.76. The van der Waals surface area contributed by atoms with Crippen molar-refractivity contribution in [2.24, 2.45) is 5.92 Å². The zero-order chi connectivity index (χ0) is 24.8. The van der Waals surface area contributed by atoms with Crippen LogP contribution in [-0.4, -0.2) is 77.7 Å². The Kier molecular flexibility index (Phi) is 8.13. The molecule has 0 saturated heterocycles. The summed E-state index contributed by atoms with van der Waals surface area (Å²) in [5.74, 6) is 6.61. The normalized spacial score (nSPS) is 18.4. The molecule has 8 nitrogen and oxygen atoms in total. The molecule has 0 spiro atoms. The molecule has 1 N–H and O–H groups in total. The number of likely N-dealkylation sites (N-methyl/N-ethyl adjacent to an activating group) is 1. The van der Waals surface area contributed by atoms with Crippen molar-refractivity contribution in [1.29, 1.82) is 0 Å². The van der Waals surface area contributed by atoms with E-state index in [0.29, 0.717) is 18.7 Å². The lowest BCUT2D eigenvalue weighted by molar-refractivity contribution is -0.129. The van der Waals surface area contributed by atoms with E-state index in [1.54, 1.807) is 43.1 Å². The maximum Gasteiger partial charge on any atom is 0.259 e. The number of hydrogen-bond donors (Lipinski definition) is 1. The fraction of sp³-hybridized carbons (Fsp3) is 0.423. The molecule has 0 bridgehead atoms. The van der Waals surface area contributed by atoms with Crippen molar-refractivity contribution < 1.29 is 24.2 Å². The number of pyridine rings is 1. The van der Waals surface area contributed by atoms with Gasteiger partial charge in [-0.25, -0.2) is 4.98 Å². The minimum absolute atomic E-state index is 0.0770. The quantitative estimate of drug-likeness (QED) is 0.681. The largest absolute Gasteiger partial charge is 0.497 e. The average Bonchev–Trinajstić information content (AvgIpc) is 2.84. The molecule has 1 aromatic carbocycles. The lowest BCUT2D eigenvalue weighted by Gasteiger charge is -2.37. The Morgan fingerprint density at radius 3 is 2.62 bits per heavy atom. The summed E-state index contributed by atoms with van der Waals surface area (Å²) >= 11 is 0. The molecule has 0 fully saturated rings. The van der Waals surface area contributed by atoms with Crippen LogP contribution in [0.25, 0.3) is 0 Å². The van der Waals surface area contributed by atoms with Crippen molar-refractivity contribution in [3.8, 4) is 23.5 Å². The zero-order valence-corrected chi connectivity index (χ0v) is 20.2. The number of carbonyl (C=O) groups excluding carboxylic acids is 2. The van der Waals surface area contributed by atoms with Crippen molar-refractivity contribution in [2.75, 3.05) is 33.9 Å². The van der Waals surface area contributed by atoms with E-state index in [4.69, 9.17) is 9.47 Å². The van der Waals surface area contributed by atoms with Gasteiger partial charge in [0.05, 0.1) is 26.3 Å². The Morgan fingerprint density at radius 2 is 2.00 bits per heavy atom. The molecule has 2 heterocycles. The summed E-state index contributed by atoms with van der Waals surface area (Å²) in [7, 11) is 3.32. The molecule has 34 heavy (non-hydrogen) atoms. The van der Waals surface area contributed by atoms with Gasteiger partial charge in [0.25, 0.3) is 5.91 Å². The van der Waals surface area contributed by atoms with E-state index in [0.717, 1.165) is 11.3 Å². The number of rotatable bonds is 5. The lowest BCUT2D eigenvalue weighted by atomic mass is 10.00. The van der Waals surface area contributed by atoms with Crippen molar-refractivity contribution in [2.45, 2.75) is 32.9 Å². The van der Waals surface area contributed by atoms with Gasteiger partial charge in [-0.3, -0.25) is 9.59 Å². The average molecular weight is 466 g/mol. The minimum atomic E-state index is -0.388. The van der Waals surface area contributed by atoms with E-state index in [9.17, 15) is 14.7 Å². The van der Waals surface area contributed by atoms with Gasteiger partial charge in [-0.2, -0.15) is 0 Å². The molecule has 3 atom stereocenters. The van der Waals surface area contributed by atoms with Crippen molar-refractivity contribution in [1.82, 2.24) is 14.8 Å². The molecule has 1 aromatic heterocycles. The van der Waals surface area contributed by atoms with Crippen molar-refractivity contribution in [3.05, 3.63) is 53.2 Å². The standard InChI is InChI=1S/C26H31N3O5/c1-17-14-29(18(2)16-30)26(32)23-12-21(7-6-20-8-10-22(33-5)11-9-20)13-27-25(23)34-24(17)15-28(4)19(3)31/h8-13,17-18,24,30H,14-16H2,1-5H3/t17-,18+,24-/m0/s1. The number of aliphatic hydroxyl groups excluding tert-OH is 1. The first-order valence-electron chi connectivity index (χ1n) is 11.2. The monoisotopic (exact) mass is 465 g/mol. The van der Waals surface area contributed by atoms with E-state index in [1.165, 1.54) is 6.92 Å². The first-order valence-corrected chi connectivity index (χ1v) is 11.2. The number of nitrogens with zero attached hydrogens (tertiary/aromatic N) is 3. The van der Waals surface area contributed by atoms with E-state index in [-0.39, 0.29) is 47.9 Å². The highest BCUT2D eigenvalue weighted by atomic mass is 16.5. The van der Waals surface area contributed by atoms with Gasteiger partial charge in [0.2, 0.25) is 11.8 Å². The van der Waals surface area contributed by atoms with E-state index >= 15 is 0 Å². The van der Waals surface area contributed by atoms with Gasteiger partial charge in [0.15, 0.2) is 0 Å². The van der Waals surface area contributed by atoms with E-state index in [1.807, 2.05) is 31.2 Å². The first-order chi connectivity index (χ1) is 16.2. The van der Waals surface area contributed by atoms with Crippen LogP contribution in [0.5, 0.6) is 11.6 Å². The van der Waals surface area contributed by atoms with Crippen LogP contribution in [0.3, 0.4) is 0 Å². The first kappa shape index (κ1) is 25.1. The number of benzene rings is 1. The lowest BCUT2D eigenvalue weighted by Crippen LogP contribution is -2.50. The number of hydrogen-bond acceptors (Lipinski definition) is 6. The maximum atomic E-state index is 13.4. The highest BCUT2D eigenvalue weighted by Gasteiger charge is 2.34. The van der Waals surface area contributed by atoms with Crippen LogP contribution >= 0.6 is 0 Å². The molecule has 8 heteroatoms. The molecule has 2 aromatic rings. The third-order valence-electron chi connectivity index (χ3n) is 5.95. The maximum absolute atomic E-state index is 13.4. The second kappa shape index (κ2) is 11.0. The molecule has 0 unspecified atom stereocenters. The summed E-state index contributed by atoms with van der Waals surface area (Å²) < 4.78 is 11.3. The number of fused-ring (bicyclic) bond motifs is 1. The van der Waals surface area contributed by atoms with Crippen LogP contribution in [0.2, 0.25) is 0 Å². The number of aromatic nitrogens is 1. The predicted octanol–water partition coefficient (Wildman–Crippen LogP) is 2.19. The molecule has 3 rings (SSSR count). The minimum Gasteiger partial charge on any atom is -0.497 e. The van der Waals surface area contributed by atoms with Crippen LogP contribution in [0.1, 0.15) is 42.3 Å². The number of carbonyl (C=O) groups is 2. The SMILES string of the molecule is COc1ccc(C#Cc2cnc3c(c2)C(=O)N([C@H](C)CO)C[C@H](C)[C@H](CN(C)C(C)=O)O3)cc1. The number of amides is 2. The van der Waals surface area contributed by atoms with Gasteiger partial charge in [0, 0.05) is 43.8 Å². The number of aliphatic hydroxyl groups is 1. The van der Waals surface area contributed by atoms with Gasteiger partial charge in [-0.15, -0.1) is 0 Å². The Morgan fingerprint density at radius 1 is 1.32 bits per heavy atom. The van der Waals surface area contributed by atoms with Gasteiger partial charge in [-0.05, 0) is 37.3 Å².